The number of aliphatic hydroxyl groups is 2. The number of carbonyl (C=O) groups excluding carboxylic acids is 1. The second kappa shape index (κ2) is 12.2. The van der Waals surface area contributed by atoms with Crippen LogP contribution in [0.1, 0.15) is 50.8 Å². The number of ketones is 1. The summed E-state index contributed by atoms with van der Waals surface area (Å²) in [5, 5.41) is 25.9. The van der Waals surface area contributed by atoms with Gasteiger partial charge < -0.3 is 19.8 Å². The fraction of sp³-hybridized carbons (Fsp3) is 0.250. The van der Waals surface area contributed by atoms with Gasteiger partial charge in [0.15, 0.2) is 12.3 Å². The number of hydrogen-bond acceptors (Lipinski definition) is 5. The van der Waals surface area contributed by atoms with Crippen LogP contribution < -0.4 is 9.64 Å². The Morgan fingerprint density at radius 2 is 1.64 bits per heavy atom. The summed E-state index contributed by atoms with van der Waals surface area (Å²) in [6.45, 7) is 17.5. The van der Waals surface area contributed by atoms with E-state index in [0.29, 0.717) is 24.2 Å². The standard InChI is InChI=1S/C44H42N2O4/c1-8-10-22-45-34-20-18-28-27(26-47)14-12-15-30(28)39(34)43(3,4)37(45)24-32-41(48)33(42(32)49)25-38-44(5,6)40-31-16-13-17-36(50-7)29(31)19-21-35(40)46(38)23-11-9-2/h9-10,12-21,24-25,47H,1-2,11,22-23,26H2,3-7H3/p+1. The predicted molar refractivity (Wildman–Crippen MR) is 203 cm³/mol. The van der Waals surface area contributed by atoms with Crippen molar-refractivity contribution in [2.75, 3.05) is 25.1 Å². The van der Waals surface area contributed by atoms with E-state index in [4.69, 9.17) is 4.74 Å². The Hall–Kier alpha value is -5.42. The molecule has 252 valence electrons. The van der Waals surface area contributed by atoms with E-state index in [-0.39, 0.29) is 18.1 Å². The number of allylic oxidation sites excluding steroid dienone is 5. The van der Waals surface area contributed by atoms with Gasteiger partial charge in [-0.2, -0.15) is 4.58 Å². The van der Waals surface area contributed by atoms with E-state index in [1.165, 1.54) is 0 Å². The minimum absolute atomic E-state index is 0.00431. The summed E-state index contributed by atoms with van der Waals surface area (Å²) < 4.78 is 7.95. The predicted octanol–water partition coefficient (Wildman–Crippen LogP) is 8.79. The number of nitrogens with zero attached hydrogens (tertiary/aromatic N) is 2. The molecule has 50 heavy (non-hydrogen) atoms. The van der Waals surface area contributed by atoms with Gasteiger partial charge in [0.05, 0.1) is 30.3 Å². The van der Waals surface area contributed by atoms with Crippen LogP contribution in [0.15, 0.2) is 126 Å². The van der Waals surface area contributed by atoms with Gasteiger partial charge in [-0.05, 0) is 71.5 Å². The molecule has 0 spiro atoms. The third kappa shape index (κ3) is 4.74. The summed E-state index contributed by atoms with van der Waals surface area (Å²) in [5.41, 5.74) is 9.58. The highest BCUT2D eigenvalue weighted by Crippen LogP contribution is 2.52. The maximum atomic E-state index is 14.1. The first-order valence-electron chi connectivity index (χ1n) is 17.1. The molecule has 0 fully saturated rings. The van der Waals surface area contributed by atoms with E-state index in [1.807, 2.05) is 54.6 Å². The maximum Gasteiger partial charge on any atom is 0.210 e. The molecule has 2 aliphatic heterocycles. The molecule has 2 heterocycles. The Kier molecular flexibility index (Phi) is 8.05. The van der Waals surface area contributed by atoms with E-state index >= 15 is 0 Å². The van der Waals surface area contributed by atoms with Crippen LogP contribution >= 0.6 is 0 Å². The molecule has 2 N–H and O–H groups in total. The van der Waals surface area contributed by atoms with Crippen LogP contribution in [0.2, 0.25) is 0 Å². The smallest absolute Gasteiger partial charge is 0.210 e. The molecule has 0 amide bonds. The molecule has 7 rings (SSSR count). The molecule has 0 saturated carbocycles. The van der Waals surface area contributed by atoms with Crippen molar-refractivity contribution in [3.63, 3.8) is 0 Å². The van der Waals surface area contributed by atoms with Crippen molar-refractivity contribution >= 4 is 44.4 Å². The molecule has 4 aromatic rings. The lowest BCUT2D eigenvalue weighted by Crippen LogP contribution is -2.32. The van der Waals surface area contributed by atoms with Crippen molar-refractivity contribution in [1.82, 2.24) is 0 Å². The molecule has 6 nitrogen and oxygen atoms in total. The van der Waals surface area contributed by atoms with Crippen molar-refractivity contribution in [3.05, 3.63) is 143 Å². The zero-order valence-corrected chi connectivity index (χ0v) is 29.4. The average molecular weight is 664 g/mol. The molecule has 0 aromatic heterocycles. The van der Waals surface area contributed by atoms with Gasteiger partial charge in [-0.3, -0.25) is 4.79 Å². The highest BCUT2D eigenvalue weighted by atomic mass is 16.5. The second-order valence-electron chi connectivity index (χ2n) is 14.2. The first-order valence-corrected chi connectivity index (χ1v) is 17.1. The van der Waals surface area contributed by atoms with Crippen molar-refractivity contribution in [1.29, 1.82) is 0 Å². The summed E-state index contributed by atoms with van der Waals surface area (Å²) in [6, 6.07) is 20.4. The zero-order valence-electron chi connectivity index (χ0n) is 29.4. The lowest BCUT2D eigenvalue weighted by Gasteiger charge is -2.29. The van der Waals surface area contributed by atoms with Gasteiger partial charge in [-0.15, -0.1) is 12.3 Å². The van der Waals surface area contributed by atoms with Crippen LogP contribution in [-0.2, 0) is 22.2 Å². The monoisotopic (exact) mass is 663 g/mol. The Balaban J connectivity index is 1.35. The van der Waals surface area contributed by atoms with Gasteiger partial charge >= 0.3 is 0 Å². The van der Waals surface area contributed by atoms with Crippen LogP contribution in [0.4, 0.5) is 11.4 Å². The summed E-state index contributed by atoms with van der Waals surface area (Å²) in [5.74, 6) is 0.618. The fourth-order valence-corrected chi connectivity index (χ4v) is 8.31. The summed E-state index contributed by atoms with van der Waals surface area (Å²) in [7, 11) is 1.69. The van der Waals surface area contributed by atoms with Crippen LogP contribution in [-0.4, -0.2) is 46.5 Å². The number of fused-ring (bicyclic) bond motifs is 6. The third-order valence-electron chi connectivity index (χ3n) is 10.8. The lowest BCUT2D eigenvalue weighted by molar-refractivity contribution is -0.436. The largest absolute Gasteiger partial charge is 0.506 e. The normalized spacial score (nSPS) is 18.9. The first-order chi connectivity index (χ1) is 24.0. The highest BCUT2D eigenvalue weighted by Gasteiger charge is 2.48. The molecule has 0 radical (unpaired) electrons. The van der Waals surface area contributed by atoms with Gasteiger partial charge in [0, 0.05) is 52.9 Å². The Morgan fingerprint density at radius 3 is 2.32 bits per heavy atom. The summed E-state index contributed by atoms with van der Waals surface area (Å²) >= 11 is 0. The molecule has 6 heteroatoms. The van der Waals surface area contributed by atoms with Crippen LogP contribution in [0.5, 0.6) is 5.75 Å². The molecule has 0 unspecified atom stereocenters. The number of aliphatic hydroxyl groups excluding tert-OH is 2. The average Bonchev–Trinajstić information content (AvgIpc) is 3.47. The van der Waals surface area contributed by atoms with Gasteiger partial charge in [0.25, 0.3) is 0 Å². The molecule has 4 aromatic carbocycles. The van der Waals surface area contributed by atoms with E-state index in [2.05, 4.69) is 86.4 Å². The van der Waals surface area contributed by atoms with E-state index in [9.17, 15) is 15.0 Å². The van der Waals surface area contributed by atoms with Gasteiger partial charge in [-0.25, -0.2) is 0 Å². The van der Waals surface area contributed by atoms with Crippen molar-refractivity contribution < 1.29 is 24.3 Å². The number of anilines is 1. The van der Waals surface area contributed by atoms with E-state index in [0.717, 1.165) is 73.2 Å². The SMILES string of the molecule is C=C=CCN1/C(=C/C2=C(O)C(=C/C3=[N+](CCC=C)c4ccc5c(OC)cccc5c4C3(C)C)/C2=O)C(C)(C)c2c1ccc1c(CO)cccc21. The van der Waals surface area contributed by atoms with Gasteiger partial charge in [0.1, 0.15) is 11.5 Å². The molecular weight excluding hydrogens is 620 g/mol. The van der Waals surface area contributed by atoms with Crippen molar-refractivity contribution in [3.8, 4) is 5.75 Å². The Labute approximate surface area is 293 Å². The second-order valence-corrected chi connectivity index (χ2v) is 14.2. The summed E-state index contributed by atoms with van der Waals surface area (Å²) in [4.78, 5) is 16.2. The topological polar surface area (TPSA) is 73.0 Å². The molecule has 1 aliphatic carbocycles. The molecule has 0 bridgehead atoms. The molecule has 0 saturated heterocycles. The van der Waals surface area contributed by atoms with Crippen LogP contribution in [0, 0.1) is 0 Å². The molecular formula is C44H43N2O4+. The third-order valence-corrected chi connectivity index (χ3v) is 10.8. The fourth-order valence-electron chi connectivity index (χ4n) is 8.31. The van der Waals surface area contributed by atoms with Crippen LogP contribution in [0.25, 0.3) is 21.5 Å². The number of benzene rings is 4. The maximum absolute atomic E-state index is 14.1. The quantitative estimate of drug-likeness (QED) is 0.0811. The van der Waals surface area contributed by atoms with Crippen molar-refractivity contribution in [2.24, 2.45) is 0 Å². The van der Waals surface area contributed by atoms with Gasteiger partial charge in [-0.1, -0.05) is 62.9 Å². The van der Waals surface area contributed by atoms with Crippen molar-refractivity contribution in [2.45, 2.75) is 51.6 Å². The number of Topliss-reactive ketones (excluding diaryl/α,β-unsaturated/α-hetero) is 1. The Bertz CT molecular complexity index is 2330. The minimum Gasteiger partial charge on any atom is -0.506 e. The molecule has 0 atom stereocenters. The zero-order chi connectivity index (χ0) is 35.5. The van der Waals surface area contributed by atoms with Gasteiger partial charge in [0.2, 0.25) is 11.5 Å². The highest BCUT2D eigenvalue weighted by molar-refractivity contribution is 6.24. The first kappa shape index (κ1) is 33.1. The summed E-state index contributed by atoms with van der Waals surface area (Å²) in [6.07, 6.45) is 8.25. The number of rotatable bonds is 9. The minimum atomic E-state index is -0.515. The van der Waals surface area contributed by atoms with E-state index < -0.39 is 10.8 Å². The van der Waals surface area contributed by atoms with Crippen LogP contribution in [0.3, 0.4) is 0 Å². The lowest BCUT2D eigenvalue weighted by atomic mass is 9.76. The Morgan fingerprint density at radius 1 is 0.920 bits per heavy atom. The number of hydrogen-bond donors (Lipinski definition) is 2. The number of carbonyl (C=O) groups is 1. The number of methoxy groups -OCH3 is 1. The van der Waals surface area contributed by atoms with E-state index in [1.54, 1.807) is 7.11 Å². The molecule has 3 aliphatic rings. The number of ether oxygens (including phenoxy) is 1.